The van der Waals surface area contributed by atoms with Gasteiger partial charge < -0.3 is 15.5 Å². The third-order valence-electron chi connectivity index (χ3n) is 4.16. The Balaban J connectivity index is 1.91. The Kier molecular flexibility index (Phi) is 6.73. The number of nitrogens with zero attached hydrogens (tertiary/aromatic N) is 2. The number of hydrogen-bond donors (Lipinski definition) is 2. The largest absolute Gasteiger partial charge is 0.417 e. The Labute approximate surface area is 174 Å². The SMILES string of the molecule is NC(=O)CCCc1ccc(Cl)c(-c2nc(-c3ccc(OC(F)F)nc3)cc(=O)[nH]2)c1. The van der Waals surface area contributed by atoms with Gasteiger partial charge >= 0.3 is 6.61 Å². The minimum atomic E-state index is -2.98. The molecule has 3 rings (SSSR count). The molecule has 2 aromatic heterocycles. The predicted octanol–water partition coefficient (Wildman–Crippen LogP) is 3.56. The first-order valence-corrected chi connectivity index (χ1v) is 9.29. The highest BCUT2D eigenvalue weighted by Crippen LogP contribution is 2.28. The molecule has 0 saturated carbocycles. The summed E-state index contributed by atoms with van der Waals surface area (Å²) in [4.78, 5) is 34.0. The lowest BCUT2D eigenvalue weighted by atomic mass is 10.0. The number of rotatable bonds is 8. The fourth-order valence-electron chi connectivity index (χ4n) is 2.80. The molecule has 0 bridgehead atoms. The zero-order valence-electron chi connectivity index (χ0n) is 15.6. The van der Waals surface area contributed by atoms with Crippen molar-refractivity contribution in [3.63, 3.8) is 0 Å². The van der Waals surface area contributed by atoms with Crippen molar-refractivity contribution in [1.29, 1.82) is 0 Å². The molecule has 0 fully saturated rings. The maximum absolute atomic E-state index is 12.3. The van der Waals surface area contributed by atoms with Crippen molar-refractivity contribution in [3.8, 4) is 28.5 Å². The maximum atomic E-state index is 12.3. The van der Waals surface area contributed by atoms with Crippen molar-refractivity contribution in [2.45, 2.75) is 25.9 Å². The normalized spacial score (nSPS) is 10.9. The van der Waals surface area contributed by atoms with E-state index in [0.717, 1.165) is 5.56 Å². The maximum Gasteiger partial charge on any atom is 0.388 e. The van der Waals surface area contributed by atoms with Crippen molar-refractivity contribution < 1.29 is 18.3 Å². The molecule has 7 nitrogen and oxygen atoms in total. The van der Waals surface area contributed by atoms with Gasteiger partial charge in [-0.25, -0.2) is 9.97 Å². The van der Waals surface area contributed by atoms with E-state index < -0.39 is 12.2 Å². The van der Waals surface area contributed by atoms with Crippen LogP contribution >= 0.6 is 11.6 Å². The molecule has 1 aromatic carbocycles. The number of primary amides is 1. The zero-order valence-corrected chi connectivity index (χ0v) is 16.3. The summed E-state index contributed by atoms with van der Waals surface area (Å²) in [5.41, 5.74) is 6.89. The summed E-state index contributed by atoms with van der Waals surface area (Å²) in [5.74, 6) is -0.376. The molecule has 0 aliphatic carbocycles. The second-order valence-electron chi connectivity index (χ2n) is 6.38. The lowest BCUT2D eigenvalue weighted by molar-refractivity contribution is -0.118. The summed E-state index contributed by atoms with van der Waals surface area (Å²) in [6.45, 7) is -2.98. The van der Waals surface area contributed by atoms with Crippen LogP contribution in [-0.4, -0.2) is 27.5 Å². The molecule has 30 heavy (non-hydrogen) atoms. The van der Waals surface area contributed by atoms with Crippen molar-refractivity contribution in [2.24, 2.45) is 5.73 Å². The number of ether oxygens (including phenoxy) is 1. The van der Waals surface area contributed by atoms with Crippen LogP contribution < -0.4 is 16.0 Å². The molecule has 10 heteroatoms. The summed E-state index contributed by atoms with van der Waals surface area (Å²) in [6.07, 6.45) is 2.73. The zero-order chi connectivity index (χ0) is 21.7. The molecule has 0 saturated heterocycles. The first-order valence-electron chi connectivity index (χ1n) is 8.91. The van der Waals surface area contributed by atoms with Gasteiger partial charge in [0, 0.05) is 35.9 Å². The van der Waals surface area contributed by atoms with Gasteiger partial charge in [-0.3, -0.25) is 9.59 Å². The molecule has 3 aromatic rings. The van der Waals surface area contributed by atoms with Crippen LogP contribution in [0, 0.1) is 0 Å². The lowest BCUT2D eigenvalue weighted by Crippen LogP contribution is -2.10. The predicted molar refractivity (Wildman–Crippen MR) is 107 cm³/mol. The van der Waals surface area contributed by atoms with E-state index in [4.69, 9.17) is 17.3 Å². The van der Waals surface area contributed by atoms with E-state index in [1.165, 1.54) is 24.4 Å². The summed E-state index contributed by atoms with van der Waals surface area (Å²) in [7, 11) is 0. The molecule has 0 aliphatic heterocycles. The first kappa shape index (κ1) is 21.4. The van der Waals surface area contributed by atoms with Gasteiger partial charge in [0.15, 0.2) is 0 Å². The number of aryl methyl sites for hydroxylation is 1. The average Bonchev–Trinajstić information content (AvgIpc) is 2.68. The number of pyridine rings is 1. The third-order valence-corrected chi connectivity index (χ3v) is 4.49. The Morgan fingerprint density at radius 1 is 1.23 bits per heavy atom. The number of H-pyrrole nitrogens is 1. The number of alkyl halides is 2. The van der Waals surface area contributed by atoms with E-state index in [1.807, 2.05) is 6.07 Å². The molecule has 0 atom stereocenters. The third kappa shape index (κ3) is 5.60. The van der Waals surface area contributed by atoms with Crippen LogP contribution in [0.2, 0.25) is 5.02 Å². The number of aromatic amines is 1. The number of aromatic nitrogens is 3. The van der Waals surface area contributed by atoms with Gasteiger partial charge in [-0.2, -0.15) is 8.78 Å². The Morgan fingerprint density at radius 3 is 2.70 bits per heavy atom. The quantitative estimate of drug-likeness (QED) is 0.563. The summed E-state index contributed by atoms with van der Waals surface area (Å²) < 4.78 is 28.8. The van der Waals surface area contributed by atoms with E-state index in [2.05, 4.69) is 19.7 Å². The van der Waals surface area contributed by atoms with Gasteiger partial charge in [0.2, 0.25) is 11.8 Å². The number of carbonyl (C=O) groups is 1. The van der Waals surface area contributed by atoms with Crippen LogP contribution in [0.3, 0.4) is 0 Å². The second-order valence-corrected chi connectivity index (χ2v) is 6.78. The molecule has 0 spiro atoms. The molecular weight excluding hydrogens is 418 g/mol. The van der Waals surface area contributed by atoms with Crippen LogP contribution in [0.4, 0.5) is 8.78 Å². The van der Waals surface area contributed by atoms with Gasteiger partial charge in [0.25, 0.3) is 5.56 Å². The van der Waals surface area contributed by atoms with Crippen LogP contribution in [0.5, 0.6) is 5.88 Å². The lowest BCUT2D eigenvalue weighted by Gasteiger charge is -2.09. The van der Waals surface area contributed by atoms with Crippen molar-refractivity contribution in [1.82, 2.24) is 15.0 Å². The first-order chi connectivity index (χ1) is 14.3. The summed E-state index contributed by atoms with van der Waals surface area (Å²) in [5, 5.41) is 0.382. The van der Waals surface area contributed by atoms with Crippen LogP contribution in [-0.2, 0) is 11.2 Å². The molecule has 1 amide bonds. The molecule has 0 radical (unpaired) electrons. The van der Waals surface area contributed by atoms with Gasteiger partial charge in [-0.15, -0.1) is 0 Å². The van der Waals surface area contributed by atoms with Crippen LogP contribution in [0.25, 0.3) is 22.6 Å². The molecule has 156 valence electrons. The Morgan fingerprint density at radius 2 is 2.03 bits per heavy atom. The Bertz CT molecular complexity index is 1100. The smallest absolute Gasteiger partial charge is 0.388 e. The Hall–Kier alpha value is -3.33. The highest BCUT2D eigenvalue weighted by Gasteiger charge is 2.12. The number of halogens is 3. The van der Waals surface area contributed by atoms with E-state index >= 15 is 0 Å². The highest BCUT2D eigenvalue weighted by atomic mass is 35.5. The van der Waals surface area contributed by atoms with Gasteiger partial charge in [-0.05, 0) is 36.6 Å². The molecule has 2 heterocycles. The van der Waals surface area contributed by atoms with E-state index in [1.54, 1.807) is 12.1 Å². The minimum absolute atomic E-state index is 0.243. The fraction of sp³-hybridized carbons (Fsp3) is 0.200. The number of nitrogens with two attached hydrogens (primary N) is 1. The molecule has 3 N–H and O–H groups in total. The number of benzene rings is 1. The minimum Gasteiger partial charge on any atom is -0.417 e. The molecule has 0 unspecified atom stereocenters. The van der Waals surface area contributed by atoms with E-state index in [0.29, 0.717) is 34.7 Å². The van der Waals surface area contributed by atoms with Gasteiger partial charge in [-0.1, -0.05) is 17.7 Å². The summed E-state index contributed by atoms with van der Waals surface area (Å²) in [6, 6.07) is 9.28. The fourth-order valence-corrected chi connectivity index (χ4v) is 3.01. The number of amides is 1. The summed E-state index contributed by atoms with van der Waals surface area (Å²) >= 11 is 6.30. The van der Waals surface area contributed by atoms with Crippen LogP contribution in [0.1, 0.15) is 18.4 Å². The van der Waals surface area contributed by atoms with E-state index in [-0.39, 0.29) is 24.0 Å². The van der Waals surface area contributed by atoms with Gasteiger partial charge in [0.1, 0.15) is 5.82 Å². The highest BCUT2D eigenvalue weighted by molar-refractivity contribution is 6.33. The second kappa shape index (κ2) is 9.45. The number of hydrogen-bond acceptors (Lipinski definition) is 5. The number of nitrogens with one attached hydrogen (secondary N) is 1. The van der Waals surface area contributed by atoms with Crippen molar-refractivity contribution >= 4 is 17.5 Å². The van der Waals surface area contributed by atoms with Crippen molar-refractivity contribution in [3.05, 3.63) is 63.5 Å². The number of carbonyl (C=O) groups excluding carboxylic acids is 1. The van der Waals surface area contributed by atoms with E-state index in [9.17, 15) is 18.4 Å². The standard InChI is InChI=1S/C20H17ClF2N4O3/c21-14-6-4-11(2-1-3-16(24)28)8-13(14)19-26-15(9-17(29)27-19)12-5-7-18(25-10-12)30-20(22)23/h4-10,20H,1-3H2,(H2,24,28)(H,26,27,29). The van der Waals surface area contributed by atoms with Crippen molar-refractivity contribution in [2.75, 3.05) is 0 Å². The van der Waals surface area contributed by atoms with Crippen LogP contribution in [0.15, 0.2) is 47.4 Å². The molecule has 0 aliphatic rings. The monoisotopic (exact) mass is 434 g/mol. The average molecular weight is 435 g/mol. The van der Waals surface area contributed by atoms with Gasteiger partial charge in [0.05, 0.1) is 10.7 Å². The molecular formula is C20H17ClF2N4O3. The topological polar surface area (TPSA) is 111 Å².